The summed E-state index contributed by atoms with van der Waals surface area (Å²) >= 11 is 0.783. The molecule has 3 rings (SSSR count). The summed E-state index contributed by atoms with van der Waals surface area (Å²) in [5.74, 6) is -3.46. The Morgan fingerprint density at radius 2 is 1.94 bits per heavy atom. The molecule has 0 spiro atoms. The Morgan fingerprint density at radius 1 is 1.19 bits per heavy atom. The first-order valence-corrected chi connectivity index (χ1v) is 8.87. The molecule has 3 aromatic rings. The maximum absolute atomic E-state index is 13.8. The van der Waals surface area contributed by atoms with Gasteiger partial charge in [0.05, 0.1) is 0 Å². The molecule has 0 atom stereocenters. The lowest BCUT2D eigenvalue weighted by atomic mass is 10.1. The zero-order chi connectivity index (χ0) is 22.8. The number of nitrogens with zero attached hydrogens (tertiary/aromatic N) is 2. The summed E-state index contributed by atoms with van der Waals surface area (Å²) in [6.45, 7) is -3.07. The van der Waals surface area contributed by atoms with Crippen molar-refractivity contribution >= 4 is 33.8 Å². The number of pyridine rings is 1. The third kappa shape index (κ3) is 5.75. The fraction of sp³-hybridized carbons (Fsp3) is 0.118. The van der Waals surface area contributed by atoms with Gasteiger partial charge in [0, 0.05) is 29.6 Å². The smallest absolute Gasteiger partial charge is 0.417 e. The standard InChI is InChI=1S/C17H10F6N4O3S/c18-9-5-8(2-3-10(9)30-17(21,22)23)26-16-27-14(24)13(31-16)12(28)7-1-4-11(25-6-7)29-15(19)20/h1-6,15H,24H2,(H,26,27). The summed E-state index contributed by atoms with van der Waals surface area (Å²) in [7, 11) is 0. The quantitative estimate of drug-likeness (QED) is 0.385. The number of nitrogen functional groups attached to an aromatic ring is 1. The third-order valence-electron chi connectivity index (χ3n) is 3.48. The van der Waals surface area contributed by atoms with Crippen molar-refractivity contribution < 1.29 is 40.6 Å². The van der Waals surface area contributed by atoms with Gasteiger partial charge in [-0.25, -0.2) is 14.4 Å². The lowest BCUT2D eigenvalue weighted by Crippen LogP contribution is -2.17. The van der Waals surface area contributed by atoms with Gasteiger partial charge in [0.1, 0.15) is 10.7 Å². The van der Waals surface area contributed by atoms with Gasteiger partial charge in [-0.2, -0.15) is 8.78 Å². The lowest BCUT2D eigenvalue weighted by Gasteiger charge is -2.10. The number of hydrogen-bond donors (Lipinski definition) is 2. The number of rotatable bonds is 7. The summed E-state index contributed by atoms with van der Waals surface area (Å²) in [4.78, 5) is 20.0. The largest absolute Gasteiger partial charge is 0.573 e. The highest BCUT2D eigenvalue weighted by atomic mass is 32.1. The minimum absolute atomic E-state index is 0.0169. The van der Waals surface area contributed by atoms with Crippen molar-refractivity contribution in [3.8, 4) is 11.6 Å². The normalized spacial score (nSPS) is 11.5. The highest BCUT2D eigenvalue weighted by molar-refractivity contribution is 7.18. The fourth-order valence-corrected chi connectivity index (χ4v) is 3.13. The molecule has 2 heterocycles. The molecule has 31 heavy (non-hydrogen) atoms. The molecule has 0 radical (unpaired) electrons. The second-order valence-electron chi connectivity index (χ2n) is 5.64. The van der Waals surface area contributed by atoms with Crippen molar-refractivity contribution in [2.24, 2.45) is 0 Å². The second kappa shape index (κ2) is 8.67. The maximum Gasteiger partial charge on any atom is 0.573 e. The van der Waals surface area contributed by atoms with E-state index in [0.717, 1.165) is 41.8 Å². The van der Waals surface area contributed by atoms with Crippen LogP contribution in [0.5, 0.6) is 11.6 Å². The molecule has 164 valence electrons. The molecule has 0 aliphatic carbocycles. The van der Waals surface area contributed by atoms with Crippen LogP contribution in [-0.4, -0.2) is 28.7 Å². The van der Waals surface area contributed by atoms with E-state index in [1.54, 1.807) is 0 Å². The highest BCUT2D eigenvalue weighted by Gasteiger charge is 2.32. The molecule has 3 N–H and O–H groups in total. The van der Waals surface area contributed by atoms with Gasteiger partial charge in [0.25, 0.3) is 0 Å². The van der Waals surface area contributed by atoms with Crippen molar-refractivity contribution in [3.05, 3.63) is 52.8 Å². The second-order valence-corrected chi connectivity index (χ2v) is 6.64. The molecular formula is C17H10F6N4O3S. The zero-order valence-electron chi connectivity index (χ0n) is 14.9. The summed E-state index contributed by atoms with van der Waals surface area (Å²) in [5, 5.41) is 2.66. The number of carbonyl (C=O) groups excluding carboxylic acids is 1. The fourth-order valence-electron chi connectivity index (χ4n) is 2.26. The molecule has 0 bridgehead atoms. The first-order chi connectivity index (χ1) is 14.5. The minimum Gasteiger partial charge on any atom is -0.417 e. The molecular weight excluding hydrogens is 454 g/mol. The van der Waals surface area contributed by atoms with Gasteiger partial charge in [-0.1, -0.05) is 11.3 Å². The van der Waals surface area contributed by atoms with Crippen LogP contribution < -0.4 is 20.5 Å². The number of alkyl halides is 5. The number of nitrogens with one attached hydrogen (secondary N) is 1. The van der Waals surface area contributed by atoms with Crippen molar-refractivity contribution in [2.45, 2.75) is 13.0 Å². The molecule has 0 aliphatic heterocycles. The SMILES string of the molecule is Nc1nc(Nc2ccc(OC(F)(F)F)c(F)c2)sc1C(=O)c1ccc(OC(F)F)nc1. The average molecular weight is 464 g/mol. The molecule has 0 saturated carbocycles. The molecule has 0 unspecified atom stereocenters. The molecule has 0 amide bonds. The van der Waals surface area contributed by atoms with Gasteiger partial charge in [-0.15, -0.1) is 13.2 Å². The Balaban J connectivity index is 1.75. The number of thiazole rings is 1. The van der Waals surface area contributed by atoms with Gasteiger partial charge in [0.15, 0.2) is 16.7 Å². The first kappa shape index (κ1) is 22.1. The van der Waals surface area contributed by atoms with E-state index < -0.39 is 30.3 Å². The van der Waals surface area contributed by atoms with Gasteiger partial charge in [-0.05, 0) is 18.2 Å². The molecule has 0 saturated heterocycles. The van der Waals surface area contributed by atoms with Crippen LogP contribution in [0.15, 0.2) is 36.5 Å². The number of halogens is 6. The third-order valence-corrected chi connectivity index (χ3v) is 4.46. The first-order valence-electron chi connectivity index (χ1n) is 8.06. The lowest BCUT2D eigenvalue weighted by molar-refractivity contribution is -0.275. The number of benzene rings is 1. The molecule has 2 aromatic heterocycles. The topological polar surface area (TPSA) is 99.4 Å². The van der Waals surface area contributed by atoms with E-state index in [1.807, 2.05) is 0 Å². The molecule has 1 aromatic carbocycles. The Kier molecular flexibility index (Phi) is 6.19. The Bertz CT molecular complexity index is 1090. The number of carbonyl (C=O) groups is 1. The van der Waals surface area contributed by atoms with Gasteiger partial charge in [0.2, 0.25) is 11.7 Å². The predicted molar refractivity (Wildman–Crippen MR) is 97.2 cm³/mol. The Hall–Kier alpha value is -3.55. The van der Waals surface area contributed by atoms with Gasteiger partial charge >= 0.3 is 13.0 Å². The number of hydrogen-bond acceptors (Lipinski definition) is 8. The molecule has 7 nitrogen and oxygen atoms in total. The monoisotopic (exact) mass is 464 g/mol. The van der Waals surface area contributed by atoms with E-state index in [1.165, 1.54) is 6.07 Å². The summed E-state index contributed by atoms with van der Waals surface area (Å²) < 4.78 is 82.4. The van der Waals surface area contributed by atoms with E-state index in [4.69, 9.17) is 5.73 Å². The van der Waals surface area contributed by atoms with Gasteiger partial charge < -0.3 is 20.5 Å². The van der Waals surface area contributed by atoms with E-state index in [-0.39, 0.29) is 33.0 Å². The molecule has 0 aliphatic rings. The van der Waals surface area contributed by atoms with Crippen molar-refractivity contribution in [2.75, 3.05) is 11.1 Å². The van der Waals surface area contributed by atoms with Crippen LogP contribution in [0.2, 0.25) is 0 Å². The van der Waals surface area contributed by atoms with Crippen LogP contribution in [0.3, 0.4) is 0 Å². The van der Waals surface area contributed by atoms with Crippen LogP contribution in [0.1, 0.15) is 15.2 Å². The van der Waals surface area contributed by atoms with E-state index >= 15 is 0 Å². The maximum atomic E-state index is 13.8. The van der Waals surface area contributed by atoms with Crippen molar-refractivity contribution in [1.29, 1.82) is 0 Å². The number of ether oxygens (including phenoxy) is 2. The van der Waals surface area contributed by atoms with Crippen molar-refractivity contribution in [1.82, 2.24) is 9.97 Å². The highest BCUT2D eigenvalue weighted by Crippen LogP contribution is 2.32. The van der Waals surface area contributed by atoms with Crippen LogP contribution >= 0.6 is 11.3 Å². The van der Waals surface area contributed by atoms with Crippen LogP contribution in [0.4, 0.5) is 43.0 Å². The number of anilines is 3. The van der Waals surface area contributed by atoms with E-state index in [0.29, 0.717) is 0 Å². The van der Waals surface area contributed by atoms with E-state index in [2.05, 4.69) is 24.8 Å². The summed E-state index contributed by atoms with van der Waals surface area (Å²) in [5.41, 5.74) is 5.77. The zero-order valence-corrected chi connectivity index (χ0v) is 15.7. The molecule has 0 fully saturated rings. The summed E-state index contributed by atoms with van der Waals surface area (Å²) in [6, 6.07) is 4.89. The Labute approximate surface area is 173 Å². The number of ketones is 1. The van der Waals surface area contributed by atoms with Crippen LogP contribution in [0.25, 0.3) is 0 Å². The number of nitrogens with two attached hydrogens (primary N) is 1. The van der Waals surface area contributed by atoms with E-state index in [9.17, 15) is 31.1 Å². The predicted octanol–water partition coefficient (Wildman–Crippen LogP) is 4.73. The van der Waals surface area contributed by atoms with Crippen LogP contribution in [-0.2, 0) is 0 Å². The van der Waals surface area contributed by atoms with Gasteiger partial charge in [-0.3, -0.25) is 4.79 Å². The summed E-state index contributed by atoms with van der Waals surface area (Å²) in [6.07, 6.45) is -4.03. The minimum atomic E-state index is -5.05. The molecule has 14 heteroatoms. The Morgan fingerprint density at radius 3 is 2.52 bits per heavy atom. The number of aromatic nitrogens is 2. The van der Waals surface area contributed by atoms with Crippen molar-refractivity contribution in [3.63, 3.8) is 0 Å². The average Bonchev–Trinajstić information content (AvgIpc) is 3.02. The van der Waals surface area contributed by atoms with Crippen LogP contribution in [0, 0.1) is 5.82 Å².